The number of aryl methyl sites for hydroxylation is 1. The van der Waals surface area contributed by atoms with Gasteiger partial charge in [0.05, 0.1) is 25.8 Å². The molecular formula is C16H19BrN2O2. The van der Waals surface area contributed by atoms with Crippen molar-refractivity contribution in [2.24, 2.45) is 5.84 Å². The minimum Gasteiger partial charge on any atom is -0.496 e. The Bertz CT molecular complexity index is 609. The lowest BCUT2D eigenvalue weighted by Crippen LogP contribution is -2.30. The summed E-state index contributed by atoms with van der Waals surface area (Å²) in [5.74, 6) is 7.28. The van der Waals surface area contributed by atoms with Crippen LogP contribution in [-0.4, -0.2) is 14.2 Å². The van der Waals surface area contributed by atoms with E-state index in [4.69, 9.17) is 15.3 Å². The third-order valence-corrected chi connectivity index (χ3v) is 4.54. The fourth-order valence-electron chi connectivity index (χ4n) is 2.39. The number of benzene rings is 2. The topological polar surface area (TPSA) is 56.5 Å². The van der Waals surface area contributed by atoms with E-state index in [0.717, 1.165) is 32.7 Å². The van der Waals surface area contributed by atoms with E-state index in [1.54, 1.807) is 14.2 Å². The monoisotopic (exact) mass is 350 g/mol. The minimum atomic E-state index is -0.245. The van der Waals surface area contributed by atoms with Crippen LogP contribution in [0.25, 0.3) is 0 Å². The van der Waals surface area contributed by atoms with Crippen LogP contribution in [0.5, 0.6) is 11.5 Å². The molecule has 4 nitrogen and oxygen atoms in total. The summed E-state index contributed by atoms with van der Waals surface area (Å²) in [5.41, 5.74) is 5.90. The van der Waals surface area contributed by atoms with Crippen LogP contribution in [0.15, 0.2) is 40.9 Å². The summed E-state index contributed by atoms with van der Waals surface area (Å²) in [7, 11) is 3.27. The normalized spacial score (nSPS) is 12.0. The molecule has 21 heavy (non-hydrogen) atoms. The first-order chi connectivity index (χ1) is 10.1. The van der Waals surface area contributed by atoms with Gasteiger partial charge in [-0.05, 0) is 30.2 Å². The maximum absolute atomic E-state index is 5.82. The van der Waals surface area contributed by atoms with E-state index in [0.29, 0.717) is 0 Å². The Morgan fingerprint density at radius 3 is 2.14 bits per heavy atom. The van der Waals surface area contributed by atoms with Crippen molar-refractivity contribution >= 4 is 15.9 Å². The Balaban J connectivity index is 2.64. The van der Waals surface area contributed by atoms with E-state index < -0.39 is 0 Å². The molecule has 0 heterocycles. The van der Waals surface area contributed by atoms with Crippen LogP contribution >= 0.6 is 15.9 Å². The molecule has 0 aliphatic heterocycles. The molecule has 0 aromatic heterocycles. The van der Waals surface area contributed by atoms with E-state index in [9.17, 15) is 0 Å². The summed E-state index contributed by atoms with van der Waals surface area (Å²) in [4.78, 5) is 0. The van der Waals surface area contributed by atoms with Crippen molar-refractivity contribution in [3.05, 3.63) is 57.6 Å². The number of methoxy groups -OCH3 is 2. The quantitative estimate of drug-likeness (QED) is 0.641. The predicted molar refractivity (Wildman–Crippen MR) is 87.6 cm³/mol. The van der Waals surface area contributed by atoms with Gasteiger partial charge < -0.3 is 9.47 Å². The van der Waals surface area contributed by atoms with Crippen LogP contribution in [0, 0.1) is 6.92 Å². The number of nitrogens with one attached hydrogen (secondary N) is 1. The molecule has 2 rings (SSSR count). The number of rotatable bonds is 5. The van der Waals surface area contributed by atoms with Crippen LogP contribution in [0.1, 0.15) is 22.7 Å². The molecule has 2 aromatic rings. The number of ether oxygens (including phenoxy) is 2. The van der Waals surface area contributed by atoms with Crippen LogP contribution in [-0.2, 0) is 0 Å². The van der Waals surface area contributed by atoms with Crippen molar-refractivity contribution in [3.63, 3.8) is 0 Å². The van der Waals surface area contributed by atoms with Crippen molar-refractivity contribution in [1.82, 2.24) is 5.43 Å². The standard InChI is InChI=1S/C16H19BrN2O2/c1-10-6-4-7-11(15(10)17)16(19-18)14-12(20-2)8-5-9-13(14)21-3/h4-9,16,19H,18H2,1-3H3. The zero-order valence-corrected chi connectivity index (χ0v) is 13.9. The van der Waals surface area contributed by atoms with Gasteiger partial charge in [0, 0.05) is 4.47 Å². The number of hydrazine groups is 1. The highest BCUT2D eigenvalue weighted by atomic mass is 79.9. The van der Waals surface area contributed by atoms with Gasteiger partial charge in [-0.15, -0.1) is 0 Å². The molecule has 0 saturated carbocycles. The van der Waals surface area contributed by atoms with Gasteiger partial charge in [-0.3, -0.25) is 5.84 Å². The largest absolute Gasteiger partial charge is 0.496 e. The van der Waals surface area contributed by atoms with Crippen molar-refractivity contribution < 1.29 is 9.47 Å². The molecule has 0 fully saturated rings. The first-order valence-corrected chi connectivity index (χ1v) is 7.35. The van der Waals surface area contributed by atoms with Crippen LogP contribution in [0.3, 0.4) is 0 Å². The van der Waals surface area contributed by atoms with E-state index in [2.05, 4.69) is 21.4 Å². The van der Waals surface area contributed by atoms with E-state index >= 15 is 0 Å². The Kier molecular flexibility index (Phi) is 5.22. The van der Waals surface area contributed by atoms with Gasteiger partial charge in [0.1, 0.15) is 11.5 Å². The fraction of sp³-hybridized carbons (Fsp3) is 0.250. The van der Waals surface area contributed by atoms with Gasteiger partial charge in [-0.1, -0.05) is 40.2 Å². The van der Waals surface area contributed by atoms with Crippen molar-refractivity contribution in [2.75, 3.05) is 14.2 Å². The highest BCUT2D eigenvalue weighted by molar-refractivity contribution is 9.10. The molecule has 112 valence electrons. The second-order valence-corrected chi connectivity index (χ2v) is 5.45. The van der Waals surface area contributed by atoms with Gasteiger partial charge in [0.15, 0.2) is 0 Å². The van der Waals surface area contributed by atoms with Gasteiger partial charge >= 0.3 is 0 Å². The average molecular weight is 351 g/mol. The van der Waals surface area contributed by atoms with Crippen LogP contribution in [0.4, 0.5) is 0 Å². The van der Waals surface area contributed by atoms with E-state index in [1.165, 1.54) is 0 Å². The molecule has 1 atom stereocenters. The second kappa shape index (κ2) is 6.93. The second-order valence-electron chi connectivity index (χ2n) is 4.65. The lowest BCUT2D eigenvalue weighted by atomic mass is 9.96. The fourth-order valence-corrected chi connectivity index (χ4v) is 2.88. The Morgan fingerprint density at radius 2 is 1.62 bits per heavy atom. The third-order valence-electron chi connectivity index (χ3n) is 3.45. The first-order valence-electron chi connectivity index (χ1n) is 6.56. The SMILES string of the molecule is COc1cccc(OC)c1C(NN)c1cccc(C)c1Br. The van der Waals surface area contributed by atoms with E-state index in [-0.39, 0.29) is 6.04 Å². The maximum atomic E-state index is 5.82. The number of halogens is 1. The molecule has 3 N–H and O–H groups in total. The van der Waals surface area contributed by atoms with Crippen molar-refractivity contribution in [1.29, 1.82) is 0 Å². The zero-order valence-electron chi connectivity index (χ0n) is 12.3. The van der Waals surface area contributed by atoms with Crippen LogP contribution in [0.2, 0.25) is 0 Å². The van der Waals surface area contributed by atoms with Crippen molar-refractivity contribution in [2.45, 2.75) is 13.0 Å². The molecular weight excluding hydrogens is 332 g/mol. The number of hydrogen-bond acceptors (Lipinski definition) is 4. The van der Waals surface area contributed by atoms with Gasteiger partial charge in [0.2, 0.25) is 0 Å². The highest BCUT2D eigenvalue weighted by Crippen LogP contribution is 2.39. The van der Waals surface area contributed by atoms with Gasteiger partial charge in [-0.25, -0.2) is 5.43 Å². The molecule has 0 radical (unpaired) electrons. The summed E-state index contributed by atoms with van der Waals surface area (Å²) < 4.78 is 12.0. The minimum absolute atomic E-state index is 0.245. The summed E-state index contributed by atoms with van der Waals surface area (Å²) in [6, 6.07) is 11.5. The third kappa shape index (κ3) is 3.05. The molecule has 0 amide bonds. The Morgan fingerprint density at radius 1 is 1.05 bits per heavy atom. The molecule has 0 bridgehead atoms. The molecule has 0 aliphatic carbocycles. The van der Waals surface area contributed by atoms with E-state index in [1.807, 2.05) is 43.3 Å². The summed E-state index contributed by atoms with van der Waals surface area (Å²) in [5, 5.41) is 0. The Labute approximate surface area is 133 Å². The van der Waals surface area contributed by atoms with Gasteiger partial charge in [-0.2, -0.15) is 0 Å². The average Bonchev–Trinajstić information content (AvgIpc) is 2.52. The summed E-state index contributed by atoms with van der Waals surface area (Å²) in [6.07, 6.45) is 0. The van der Waals surface area contributed by atoms with Crippen LogP contribution < -0.4 is 20.7 Å². The number of hydrogen-bond donors (Lipinski definition) is 2. The maximum Gasteiger partial charge on any atom is 0.127 e. The van der Waals surface area contributed by atoms with Crippen molar-refractivity contribution in [3.8, 4) is 11.5 Å². The number of nitrogens with two attached hydrogens (primary N) is 1. The molecule has 0 spiro atoms. The molecule has 5 heteroatoms. The zero-order chi connectivity index (χ0) is 15.4. The molecule has 1 unspecified atom stereocenters. The summed E-state index contributed by atoms with van der Waals surface area (Å²) >= 11 is 3.63. The first kappa shape index (κ1) is 15.8. The Hall–Kier alpha value is -1.56. The molecule has 0 aliphatic rings. The van der Waals surface area contributed by atoms with Gasteiger partial charge in [0.25, 0.3) is 0 Å². The lowest BCUT2D eigenvalue weighted by molar-refractivity contribution is 0.377. The highest BCUT2D eigenvalue weighted by Gasteiger charge is 2.23. The lowest BCUT2D eigenvalue weighted by Gasteiger charge is -2.23. The predicted octanol–water partition coefficient (Wildman–Crippen LogP) is 3.33. The summed E-state index contributed by atoms with van der Waals surface area (Å²) in [6.45, 7) is 2.04. The molecule has 2 aromatic carbocycles. The smallest absolute Gasteiger partial charge is 0.127 e. The molecule has 0 saturated heterocycles.